The summed E-state index contributed by atoms with van der Waals surface area (Å²) in [7, 11) is -3.27. The summed E-state index contributed by atoms with van der Waals surface area (Å²) in [6.45, 7) is 4.10. The molecule has 2 heterocycles. The van der Waals surface area contributed by atoms with Crippen molar-refractivity contribution in [3.63, 3.8) is 0 Å². The molecule has 1 N–H and O–H groups in total. The van der Waals surface area contributed by atoms with E-state index in [9.17, 15) is 23.3 Å². The number of nitro benzene ring substituents is 1. The lowest BCUT2D eigenvalue weighted by Crippen LogP contribution is -2.56. The summed E-state index contributed by atoms with van der Waals surface area (Å²) in [5.41, 5.74) is 1.65. The highest BCUT2D eigenvalue weighted by Gasteiger charge is 2.46. The van der Waals surface area contributed by atoms with Crippen LogP contribution in [-0.2, 0) is 21.1 Å². The molecule has 0 aromatic heterocycles. The Labute approximate surface area is 152 Å². The Morgan fingerprint density at radius 1 is 1.27 bits per heavy atom. The summed E-state index contributed by atoms with van der Waals surface area (Å²) in [5.74, 6) is -0.148. The number of carbonyl (C=O) groups excluding carboxylic acids is 1. The number of benzene rings is 1. The molecule has 2 aliphatic heterocycles. The summed E-state index contributed by atoms with van der Waals surface area (Å²) < 4.78 is 24.3. The number of aryl methyl sites for hydroxylation is 1. The Hall–Kier alpha value is -2.16. The molecule has 1 saturated heterocycles. The number of fused-ring (bicyclic) bond motifs is 1. The highest BCUT2D eigenvalue weighted by atomic mass is 32.2. The van der Waals surface area contributed by atoms with Crippen molar-refractivity contribution in [3.8, 4) is 0 Å². The number of anilines is 2. The molecule has 0 unspecified atom stereocenters. The van der Waals surface area contributed by atoms with Crippen molar-refractivity contribution in [2.45, 2.75) is 44.3 Å². The number of sulfone groups is 1. The van der Waals surface area contributed by atoms with E-state index in [1.54, 1.807) is 11.0 Å². The highest BCUT2D eigenvalue weighted by molar-refractivity contribution is 7.92. The summed E-state index contributed by atoms with van der Waals surface area (Å²) in [5, 5.41) is 14.4. The predicted molar refractivity (Wildman–Crippen MR) is 99.4 cm³/mol. The molecule has 1 amide bonds. The Morgan fingerprint density at radius 2 is 1.96 bits per heavy atom. The van der Waals surface area contributed by atoms with Gasteiger partial charge >= 0.3 is 0 Å². The van der Waals surface area contributed by atoms with E-state index in [-0.39, 0.29) is 30.4 Å². The van der Waals surface area contributed by atoms with Crippen LogP contribution in [0.25, 0.3) is 0 Å². The summed E-state index contributed by atoms with van der Waals surface area (Å²) in [6, 6.07) is 3.13. The fraction of sp³-hybridized carbons (Fsp3) is 0.588. The van der Waals surface area contributed by atoms with Crippen molar-refractivity contribution < 1.29 is 18.1 Å². The largest absolute Gasteiger partial charge is 0.363 e. The molecular formula is C17H23N3O5S. The van der Waals surface area contributed by atoms with E-state index in [1.807, 2.05) is 13.8 Å². The smallest absolute Gasteiger partial charge is 0.292 e. The number of hydrogen-bond donors (Lipinski definition) is 1. The first kappa shape index (κ1) is 18.6. The van der Waals surface area contributed by atoms with Gasteiger partial charge in [0.1, 0.15) is 5.69 Å². The van der Waals surface area contributed by atoms with E-state index in [0.717, 1.165) is 5.56 Å². The maximum absolute atomic E-state index is 12.6. The molecule has 0 atom stereocenters. The number of hydrogen-bond acceptors (Lipinski definition) is 6. The zero-order chi connectivity index (χ0) is 19.1. The molecule has 3 rings (SSSR count). The minimum atomic E-state index is -3.27. The lowest BCUT2D eigenvalue weighted by Gasteiger charge is -2.42. The fourth-order valence-electron chi connectivity index (χ4n) is 3.89. The molecule has 1 aromatic rings. The second-order valence-electron chi connectivity index (χ2n) is 6.93. The molecule has 0 saturated carbocycles. The van der Waals surface area contributed by atoms with Crippen molar-refractivity contribution in [1.29, 1.82) is 0 Å². The van der Waals surface area contributed by atoms with Gasteiger partial charge in [0.05, 0.1) is 15.4 Å². The van der Waals surface area contributed by atoms with Gasteiger partial charge < -0.3 is 10.2 Å². The topological polar surface area (TPSA) is 110 Å². The van der Waals surface area contributed by atoms with Gasteiger partial charge in [-0.1, -0.05) is 13.8 Å². The van der Waals surface area contributed by atoms with E-state index >= 15 is 0 Å². The maximum Gasteiger partial charge on any atom is 0.292 e. The quantitative estimate of drug-likeness (QED) is 0.633. The van der Waals surface area contributed by atoms with Gasteiger partial charge in [-0.05, 0) is 30.9 Å². The highest BCUT2D eigenvalue weighted by Crippen LogP contribution is 2.40. The molecule has 1 fully saturated rings. The monoisotopic (exact) mass is 381 g/mol. The average Bonchev–Trinajstić information content (AvgIpc) is 2.60. The SMILES string of the molecule is CCC1(CC)CN(c2cc3c(cc2[N+](=O)[O-])CCC(=O)N3)CCS1(=O)=O. The Balaban J connectivity index is 2.07. The zero-order valence-corrected chi connectivity index (χ0v) is 15.8. The third kappa shape index (κ3) is 2.94. The number of nitrogens with zero attached hydrogens (tertiary/aromatic N) is 2. The van der Waals surface area contributed by atoms with E-state index in [2.05, 4.69) is 5.32 Å². The standard InChI is InChI=1S/C17H23N3O5S/c1-3-17(4-2)11-19(7-8-26(17,24)25)14-10-13-12(5-6-16(21)18-13)9-15(14)20(22)23/h9-10H,3-8,11H2,1-2H3,(H,18,21). The Morgan fingerprint density at radius 3 is 2.58 bits per heavy atom. The number of carbonyl (C=O) groups is 1. The van der Waals surface area contributed by atoms with Crippen molar-refractivity contribution in [2.24, 2.45) is 0 Å². The van der Waals surface area contributed by atoms with Crippen molar-refractivity contribution >= 4 is 32.8 Å². The molecule has 26 heavy (non-hydrogen) atoms. The van der Waals surface area contributed by atoms with Crippen LogP contribution >= 0.6 is 0 Å². The van der Waals surface area contributed by atoms with Crippen LogP contribution in [-0.4, -0.2) is 42.8 Å². The minimum absolute atomic E-state index is 0.0325. The van der Waals surface area contributed by atoms with E-state index in [0.29, 0.717) is 37.1 Å². The van der Waals surface area contributed by atoms with Crippen LogP contribution in [0.2, 0.25) is 0 Å². The van der Waals surface area contributed by atoms with Gasteiger partial charge in [-0.3, -0.25) is 14.9 Å². The van der Waals surface area contributed by atoms with Gasteiger partial charge in [-0.15, -0.1) is 0 Å². The molecule has 142 valence electrons. The summed E-state index contributed by atoms with van der Waals surface area (Å²) in [6.07, 6.45) is 1.68. The molecule has 0 radical (unpaired) electrons. The van der Waals surface area contributed by atoms with Crippen LogP contribution in [0.3, 0.4) is 0 Å². The minimum Gasteiger partial charge on any atom is -0.363 e. The van der Waals surface area contributed by atoms with Crippen molar-refractivity contribution in [3.05, 3.63) is 27.8 Å². The molecule has 0 aliphatic carbocycles. The molecule has 0 bridgehead atoms. The summed E-state index contributed by atoms with van der Waals surface area (Å²) in [4.78, 5) is 24.6. The van der Waals surface area contributed by atoms with Crippen LogP contribution in [0.1, 0.15) is 38.7 Å². The van der Waals surface area contributed by atoms with Gasteiger partial charge in [-0.25, -0.2) is 8.42 Å². The average molecular weight is 381 g/mol. The lowest BCUT2D eigenvalue weighted by molar-refractivity contribution is -0.384. The van der Waals surface area contributed by atoms with Gasteiger partial charge in [0.2, 0.25) is 5.91 Å². The number of nitro groups is 1. The van der Waals surface area contributed by atoms with Crippen LogP contribution in [0.5, 0.6) is 0 Å². The lowest BCUT2D eigenvalue weighted by atomic mass is 9.98. The van der Waals surface area contributed by atoms with E-state index in [1.165, 1.54) is 6.07 Å². The Bertz CT molecular complexity index is 861. The molecule has 8 nitrogen and oxygen atoms in total. The van der Waals surface area contributed by atoms with Crippen LogP contribution in [0, 0.1) is 10.1 Å². The predicted octanol–water partition coefficient (Wildman–Crippen LogP) is 2.27. The van der Waals surface area contributed by atoms with Gasteiger partial charge in [0, 0.05) is 31.3 Å². The zero-order valence-electron chi connectivity index (χ0n) is 14.9. The number of amides is 1. The third-order valence-corrected chi connectivity index (χ3v) is 8.44. The number of rotatable bonds is 4. The van der Waals surface area contributed by atoms with Crippen LogP contribution in [0.4, 0.5) is 17.1 Å². The fourth-order valence-corrected chi connectivity index (χ4v) is 6.02. The normalized spacial score (nSPS) is 21.0. The second-order valence-corrected chi connectivity index (χ2v) is 9.44. The first-order chi connectivity index (χ1) is 12.2. The van der Waals surface area contributed by atoms with E-state index < -0.39 is 19.5 Å². The van der Waals surface area contributed by atoms with Gasteiger partial charge in [-0.2, -0.15) is 0 Å². The molecular weight excluding hydrogens is 358 g/mol. The summed E-state index contributed by atoms with van der Waals surface area (Å²) >= 11 is 0. The molecule has 0 spiro atoms. The molecule has 1 aromatic carbocycles. The van der Waals surface area contributed by atoms with Gasteiger partial charge in [0.15, 0.2) is 9.84 Å². The van der Waals surface area contributed by atoms with Crippen LogP contribution in [0.15, 0.2) is 12.1 Å². The van der Waals surface area contributed by atoms with Crippen LogP contribution < -0.4 is 10.2 Å². The van der Waals surface area contributed by atoms with Crippen molar-refractivity contribution in [2.75, 3.05) is 29.1 Å². The second kappa shape index (κ2) is 6.53. The van der Waals surface area contributed by atoms with Gasteiger partial charge in [0.25, 0.3) is 5.69 Å². The number of nitrogens with one attached hydrogen (secondary N) is 1. The maximum atomic E-state index is 12.6. The van der Waals surface area contributed by atoms with E-state index in [4.69, 9.17) is 0 Å². The van der Waals surface area contributed by atoms with Crippen molar-refractivity contribution in [1.82, 2.24) is 0 Å². The third-order valence-electron chi connectivity index (χ3n) is 5.69. The first-order valence-electron chi connectivity index (χ1n) is 8.81. The Kier molecular flexibility index (Phi) is 4.68. The molecule has 9 heteroatoms. The first-order valence-corrected chi connectivity index (χ1v) is 10.5. The molecule has 2 aliphatic rings.